The molecule has 2 aliphatic carbocycles. The summed E-state index contributed by atoms with van der Waals surface area (Å²) in [4.78, 5) is 28.3. The summed E-state index contributed by atoms with van der Waals surface area (Å²) in [7, 11) is 0. The summed E-state index contributed by atoms with van der Waals surface area (Å²) in [6, 6.07) is 15.4. The summed E-state index contributed by atoms with van der Waals surface area (Å²) in [5, 5.41) is 0. The van der Waals surface area contributed by atoms with Crippen LogP contribution < -0.4 is 0 Å². The molecule has 4 rings (SSSR count). The summed E-state index contributed by atoms with van der Waals surface area (Å²) >= 11 is -4.04. The first-order chi connectivity index (χ1) is 14.0. The third-order valence-electron chi connectivity index (χ3n) is 5.81. The molecule has 0 bridgehead atoms. The molecule has 0 amide bonds. The molecule has 0 unspecified atom stereocenters. The Morgan fingerprint density at radius 2 is 1.03 bits per heavy atom. The van der Waals surface area contributed by atoms with Crippen LogP contribution >= 0.6 is 0 Å². The molecule has 144 valence electrons. The standard InChI is InChI=1S/2C8H7O.2C5H5.Ti/c2*1-7-2-4-8(6-9)5-3-7;2*1-2-4-5-3-1;/h2*2-5H,1H3;2*1-3H,4H2;. The second-order valence-electron chi connectivity index (χ2n) is 7.79. The number of carbonyl (C=O) groups is 2. The van der Waals surface area contributed by atoms with Gasteiger partial charge >= 0.3 is 176 Å². The molecular weight excluding hydrogens is 392 g/mol. The fourth-order valence-corrected chi connectivity index (χ4v) is 11.3. The number of hydrogen-bond donors (Lipinski definition) is 0. The fraction of sp³-hybridized carbons (Fsp3) is 0.154. The Morgan fingerprint density at radius 1 is 0.655 bits per heavy atom. The van der Waals surface area contributed by atoms with Crippen LogP contribution in [0, 0.1) is 13.8 Å². The summed E-state index contributed by atoms with van der Waals surface area (Å²) in [6.45, 7) is 4.01. The normalized spacial score (nSPS) is 15.4. The van der Waals surface area contributed by atoms with Crippen LogP contribution in [0.4, 0.5) is 0 Å². The maximum absolute atomic E-state index is 14.2. The Balaban J connectivity index is 1.93. The van der Waals surface area contributed by atoms with Gasteiger partial charge in [0.05, 0.1) is 0 Å². The summed E-state index contributed by atoms with van der Waals surface area (Å²) in [5.41, 5.74) is 3.51. The van der Waals surface area contributed by atoms with Crippen LogP contribution in [0.25, 0.3) is 0 Å². The van der Waals surface area contributed by atoms with E-state index in [1.54, 1.807) is 0 Å². The Bertz CT molecular complexity index is 991. The van der Waals surface area contributed by atoms with Gasteiger partial charge in [-0.25, -0.2) is 0 Å². The molecular formula is C26H24O2Ti. The summed E-state index contributed by atoms with van der Waals surface area (Å²) in [5.74, 6) is 0. The number of aryl methyl sites for hydroxylation is 2. The minimum atomic E-state index is -4.04. The van der Waals surface area contributed by atoms with E-state index in [-0.39, 0.29) is 8.18 Å². The summed E-state index contributed by atoms with van der Waals surface area (Å²) in [6.07, 6.45) is 13.5. The zero-order valence-corrected chi connectivity index (χ0v) is 18.4. The summed E-state index contributed by atoms with van der Waals surface area (Å²) < 4.78 is 2.16. The fourth-order valence-electron chi connectivity index (χ4n) is 4.19. The Kier molecular flexibility index (Phi) is 5.49. The second kappa shape index (κ2) is 8.06. The molecule has 0 atom stereocenters. The number of carbonyl (C=O) groups excluding carboxylic acids is 2. The molecule has 0 saturated carbocycles. The van der Waals surface area contributed by atoms with Crippen molar-refractivity contribution in [1.82, 2.24) is 0 Å². The molecule has 0 N–H and O–H groups in total. The van der Waals surface area contributed by atoms with Gasteiger partial charge in [-0.3, -0.25) is 0 Å². The van der Waals surface area contributed by atoms with E-state index >= 15 is 0 Å². The van der Waals surface area contributed by atoms with Gasteiger partial charge in [0.2, 0.25) is 0 Å². The first-order valence-corrected chi connectivity index (χ1v) is 13.1. The first kappa shape index (κ1) is 19.8. The van der Waals surface area contributed by atoms with Crippen LogP contribution in [0.15, 0.2) is 92.7 Å². The van der Waals surface area contributed by atoms with Gasteiger partial charge in [0.1, 0.15) is 0 Å². The topological polar surface area (TPSA) is 34.1 Å². The number of rotatable bonds is 6. The Hall–Kier alpha value is -2.55. The van der Waals surface area contributed by atoms with Crippen LogP contribution in [0.2, 0.25) is 0 Å². The van der Waals surface area contributed by atoms with Crippen molar-refractivity contribution in [2.75, 3.05) is 0 Å². The monoisotopic (exact) mass is 416 g/mol. The first-order valence-electron chi connectivity index (χ1n) is 9.99. The van der Waals surface area contributed by atoms with Crippen molar-refractivity contribution in [3.63, 3.8) is 0 Å². The average molecular weight is 416 g/mol. The van der Waals surface area contributed by atoms with Crippen molar-refractivity contribution in [3.05, 3.63) is 115 Å². The van der Waals surface area contributed by atoms with E-state index in [1.807, 2.05) is 86.7 Å². The molecule has 2 aromatic carbocycles. The quantitative estimate of drug-likeness (QED) is 0.532. The van der Waals surface area contributed by atoms with Crippen LogP contribution in [0.5, 0.6) is 0 Å². The SMILES string of the molecule is Cc1ccc([C](=O)[Ti]([C](=O)c2ccc(C)cc2)([C]2=CC=CC2)[C]2=CC=CC2)cc1. The van der Waals surface area contributed by atoms with Crippen LogP contribution in [-0.2, 0) is 16.6 Å². The van der Waals surface area contributed by atoms with Crippen molar-refractivity contribution in [2.45, 2.75) is 26.7 Å². The molecule has 2 aromatic rings. The number of allylic oxidation sites excluding steroid dienone is 8. The second-order valence-corrected chi connectivity index (χ2v) is 13.6. The molecule has 0 heterocycles. The Labute approximate surface area is 175 Å². The molecule has 3 heteroatoms. The third-order valence-corrected chi connectivity index (χ3v) is 13.0. The third kappa shape index (κ3) is 3.48. The zero-order chi connectivity index (χ0) is 20.4. The van der Waals surface area contributed by atoms with E-state index in [0.717, 1.165) is 18.9 Å². The molecule has 0 saturated heterocycles. The van der Waals surface area contributed by atoms with E-state index in [0.29, 0.717) is 24.0 Å². The number of benzene rings is 2. The van der Waals surface area contributed by atoms with Gasteiger partial charge in [-0.1, -0.05) is 0 Å². The molecule has 0 spiro atoms. The molecule has 0 radical (unpaired) electrons. The van der Waals surface area contributed by atoms with Gasteiger partial charge in [-0.05, 0) is 0 Å². The molecule has 0 aromatic heterocycles. The van der Waals surface area contributed by atoms with Gasteiger partial charge < -0.3 is 0 Å². The van der Waals surface area contributed by atoms with Gasteiger partial charge in [0.25, 0.3) is 0 Å². The van der Waals surface area contributed by atoms with E-state index in [4.69, 9.17) is 0 Å². The molecule has 0 aliphatic heterocycles. The molecule has 2 nitrogen and oxygen atoms in total. The van der Waals surface area contributed by atoms with E-state index in [1.165, 1.54) is 0 Å². The predicted molar refractivity (Wildman–Crippen MR) is 115 cm³/mol. The Morgan fingerprint density at radius 3 is 1.34 bits per heavy atom. The van der Waals surface area contributed by atoms with E-state index in [9.17, 15) is 9.59 Å². The van der Waals surface area contributed by atoms with Crippen molar-refractivity contribution in [2.24, 2.45) is 0 Å². The predicted octanol–water partition coefficient (Wildman–Crippen LogP) is 6.13. The zero-order valence-electron chi connectivity index (χ0n) is 16.8. The van der Waals surface area contributed by atoms with Crippen LogP contribution in [-0.4, -0.2) is 8.18 Å². The molecule has 29 heavy (non-hydrogen) atoms. The van der Waals surface area contributed by atoms with E-state index in [2.05, 4.69) is 12.2 Å². The van der Waals surface area contributed by atoms with Crippen molar-refractivity contribution >= 4 is 8.18 Å². The van der Waals surface area contributed by atoms with Crippen molar-refractivity contribution in [1.29, 1.82) is 0 Å². The van der Waals surface area contributed by atoms with Gasteiger partial charge in [-0.2, -0.15) is 0 Å². The van der Waals surface area contributed by atoms with Crippen LogP contribution in [0.1, 0.15) is 44.7 Å². The van der Waals surface area contributed by atoms with Gasteiger partial charge in [0.15, 0.2) is 0 Å². The molecule has 0 fully saturated rings. The number of hydrogen-bond acceptors (Lipinski definition) is 2. The van der Waals surface area contributed by atoms with Crippen molar-refractivity contribution < 1.29 is 26.2 Å². The average Bonchev–Trinajstić information content (AvgIpc) is 3.45. The van der Waals surface area contributed by atoms with E-state index < -0.39 is 16.6 Å². The maximum atomic E-state index is 14.2. The van der Waals surface area contributed by atoms with Crippen molar-refractivity contribution in [3.8, 4) is 0 Å². The van der Waals surface area contributed by atoms with Gasteiger partial charge in [-0.15, -0.1) is 0 Å². The molecule has 2 aliphatic rings. The minimum absolute atomic E-state index is 0.0421. The van der Waals surface area contributed by atoms with Gasteiger partial charge in [0, 0.05) is 0 Å². The van der Waals surface area contributed by atoms with Crippen LogP contribution in [0.3, 0.4) is 0 Å².